The average Bonchev–Trinajstić information content (AvgIpc) is 2.81. The Morgan fingerprint density at radius 2 is 0.774 bits per heavy atom. The summed E-state index contributed by atoms with van der Waals surface area (Å²) in [5.41, 5.74) is 4.42. The third-order valence-corrected chi connectivity index (χ3v) is 10.1. The van der Waals surface area contributed by atoms with E-state index in [1.165, 1.54) is 0 Å². The van der Waals surface area contributed by atoms with Crippen molar-refractivity contribution < 1.29 is 13.4 Å². The van der Waals surface area contributed by atoms with Crippen LogP contribution in [0.5, 0.6) is 0 Å². The van der Waals surface area contributed by atoms with Crippen molar-refractivity contribution in [1.82, 2.24) is 0 Å². The average molecular weight is 480 g/mol. The normalized spacial score (nSPS) is 11.7. The van der Waals surface area contributed by atoms with Crippen LogP contribution in [0, 0.1) is 0 Å². The molecule has 0 fully saturated rings. The minimum absolute atomic E-state index is 0.807. The molecular weight excluding hydrogens is 462 g/mol. The molecule has 4 aromatic rings. The smallest absolute Gasteiger partial charge is 0.0622 e. The van der Waals surface area contributed by atoms with Gasteiger partial charge >= 0.3 is 14.5 Å². The predicted octanol–water partition coefficient (Wildman–Crippen LogP) is 9.24. The molecule has 0 radical (unpaired) electrons. The van der Waals surface area contributed by atoms with Crippen LogP contribution in [0.3, 0.4) is 0 Å². The largest absolute Gasteiger partial charge is 0.642 e. The molecule has 0 aliphatic rings. The van der Waals surface area contributed by atoms with Crippen molar-refractivity contribution in [2.75, 3.05) is 0 Å². The first-order chi connectivity index (χ1) is 15.2. The zero-order chi connectivity index (χ0) is 21.5. The maximum absolute atomic E-state index is 12.3. The Balaban J connectivity index is 1.30. The van der Waals surface area contributed by atoms with E-state index in [1.54, 1.807) is 0 Å². The summed E-state index contributed by atoms with van der Waals surface area (Å²) in [5.74, 6) is 0. The van der Waals surface area contributed by atoms with E-state index < -0.39 is 14.5 Å². The first-order valence-electron chi connectivity index (χ1n) is 9.47. The highest BCUT2D eigenvalue weighted by Crippen LogP contribution is 2.57. The van der Waals surface area contributed by atoms with Crippen molar-refractivity contribution in [3.63, 3.8) is 0 Å². The second-order valence-electron chi connectivity index (χ2n) is 6.49. The van der Waals surface area contributed by atoms with Crippen LogP contribution < -0.4 is 0 Å². The molecule has 0 saturated carbocycles. The Bertz CT molecular complexity index is 1070. The summed E-state index contributed by atoms with van der Waals surface area (Å²) in [6, 6.07) is 35.6. The third kappa shape index (κ3) is 6.36. The van der Waals surface area contributed by atoms with Gasteiger partial charge in [0, 0.05) is 0 Å². The van der Waals surface area contributed by atoms with Crippen molar-refractivity contribution in [2.45, 2.75) is 9.79 Å². The van der Waals surface area contributed by atoms with Gasteiger partial charge in [-0.25, -0.2) is 0 Å². The Morgan fingerprint density at radius 1 is 0.452 bits per heavy atom. The first kappa shape index (κ1) is 22.0. The van der Waals surface area contributed by atoms with Crippen LogP contribution in [0.1, 0.15) is 0 Å². The van der Waals surface area contributed by atoms with Crippen molar-refractivity contribution in [3.8, 4) is 22.3 Å². The van der Waals surface area contributed by atoms with Crippen molar-refractivity contribution in [1.29, 1.82) is 0 Å². The van der Waals surface area contributed by atoms with Crippen molar-refractivity contribution in [3.05, 3.63) is 109 Å². The van der Waals surface area contributed by atoms with Gasteiger partial charge < -0.3 is 0 Å². The van der Waals surface area contributed by atoms with Gasteiger partial charge in [-0.3, -0.25) is 0 Å². The van der Waals surface area contributed by atoms with Crippen LogP contribution in [0.25, 0.3) is 22.3 Å². The monoisotopic (exact) mass is 480 g/mol. The topological polar surface area (TPSA) is 43.4 Å². The van der Waals surface area contributed by atoms with Gasteiger partial charge in [0.15, 0.2) is 0 Å². The molecule has 0 heterocycles. The van der Waals surface area contributed by atoms with E-state index in [4.69, 9.17) is 4.31 Å². The number of hydrogen-bond acceptors (Lipinski definition) is 5. The summed E-state index contributed by atoms with van der Waals surface area (Å²) in [5, 5.41) is 0. The van der Waals surface area contributed by atoms with Gasteiger partial charge in [-0.05, 0) is 55.6 Å². The van der Waals surface area contributed by atoms with Crippen LogP contribution in [-0.4, -0.2) is 0 Å². The summed E-state index contributed by atoms with van der Waals surface area (Å²) < 4.78 is 29.8. The highest BCUT2D eigenvalue weighted by molar-refractivity contribution is 8.55. The quantitative estimate of drug-likeness (QED) is 0.235. The summed E-state index contributed by atoms with van der Waals surface area (Å²) in [7, 11) is -4.27. The standard InChI is InChI=1S/C24H18O3P2S2/c25-28(30-23-15-11-21(12-16-23)19-7-3-1-4-8-19)27-29(26)31-24-17-13-22(14-18-24)20-9-5-2-6-10-20/h1-18H/q+2. The summed E-state index contributed by atoms with van der Waals surface area (Å²) in [4.78, 5) is 1.61. The summed E-state index contributed by atoms with van der Waals surface area (Å²) in [6.45, 7) is 0. The SMILES string of the molecule is O=[P+](O[P+](=O)Sc1ccc(-c2ccccc2)cc1)Sc1ccc(-c2ccccc2)cc1. The zero-order valence-electron chi connectivity index (χ0n) is 16.3. The van der Waals surface area contributed by atoms with Crippen LogP contribution in [0.15, 0.2) is 119 Å². The van der Waals surface area contributed by atoms with E-state index in [2.05, 4.69) is 0 Å². The Kier molecular flexibility index (Phi) is 7.69. The molecule has 0 N–H and O–H groups in total. The molecule has 2 atom stereocenters. The van der Waals surface area contributed by atoms with E-state index in [0.29, 0.717) is 0 Å². The number of benzene rings is 4. The minimum atomic E-state index is -2.14. The first-order valence-corrected chi connectivity index (χ1v) is 14.7. The Morgan fingerprint density at radius 3 is 1.13 bits per heavy atom. The lowest BCUT2D eigenvalue weighted by molar-refractivity contribution is 0.509. The second-order valence-corrected chi connectivity index (χ2v) is 12.2. The van der Waals surface area contributed by atoms with Gasteiger partial charge in [-0.1, -0.05) is 84.9 Å². The zero-order valence-corrected chi connectivity index (χ0v) is 19.7. The predicted molar refractivity (Wildman–Crippen MR) is 132 cm³/mol. The van der Waals surface area contributed by atoms with Gasteiger partial charge in [0.05, 0.1) is 9.79 Å². The molecule has 3 nitrogen and oxygen atoms in total. The van der Waals surface area contributed by atoms with Gasteiger partial charge in [-0.2, -0.15) is 0 Å². The minimum Gasteiger partial charge on any atom is -0.0622 e. The lowest BCUT2D eigenvalue weighted by Gasteiger charge is -2.00. The maximum Gasteiger partial charge on any atom is 0.642 e. The fraction of sp³-hybridized carbons (Fsp3) is 0. The maximum atomic E-state index is 12.3. The molecule has 4 rings (SSSR count). The Hall–Kier alpha value is -2.26. The molecule has 0 aliphatic carbocycles. The molecule has 0 bridgehead atoms. The lowest BCUT2D eigenvalue weighted by atomic mass is 10.1. The highest BCUT2D eigenvalue weighted by Gasteiger charge is 2.39. The van der Waals surface area contributed by atoms with Crippen LogP contribution in [0.4, 0.5) is 0 Å². The second kappa shape index (κ2) is 10.9. The van der Waals surface area contributed by atoms with E-state index in [0.717, 1.165) is 54.8 Å². The highest BCUT2D eigenvalue weighted by atomic mass is 32.7. The molecule has 0 saturated heterocycles. The van der Waals surface area contributed by atoms with Gasteiger partial charge in [-0.15, -0.1) is 0 Å². The lowest BCUT2D eigenvalue weighted by Crippen LogP contribution is -1.77. The van der Waals surface area contributed by atoms with E-state index >= 15 is 0 Å². The molecule has 0 spiro atoms. The number of rotatable bonds is 8. The van der Waals surface area contributed by atoms with E-state index in [-0.39, 0.29) is 0 Å². The molecule has 7 heteroatoms. The van der Waals surface area contributed by atoms with Crippen molar-refractivity contribution in [2.24, 2.45) is 0 Å². The van der Waals surface area contributed by atoms with Gasteiger partial charge in [0.25, 0.3) is 0 Å². The number of hydrogen-bond donors (Lipinski definition) is 0. The fourth-order valence-corrected chi connectivity index (χ4v) is 8.33. The molecule has 0 amide bonds. The van der Waals surface area contributed by atoms with Crippen molar-refractivity contribution >= 4 is 37.2 Å². The molecule has 31 heavy (non-hydrogen) atoms. The Labute approximate surface area is 191 Å². The fourth-order valence-electron chi connectivity index (χ4n) is 2.94. The van der Waals surface area contributed by atoms with Crippen LogP contribution in [-0.2, 0) is 13.4 Å². The van der Waals surface area contributed by atoms with Crippen LogP contribution >= 0.6 is 37.2 Å². The van der Waals surface area contributed by atoms with Crippen LogP contribution in [0.2, 0.25) is 0 Å². The van der Waals surface area contributed by atoms with Gasteiger partial charge in [0.2, 0.25) is 22.8 Å². The van der Waals surface area contributed by atoms with Gasteiger partial charge in [0.1, 0.15) is 4.31 Å². The summed E-state index contributed by atoms with van der Waals surface area (Å²) >= 11 is 2.15. The molecule has 2 unspecified atom stereocenters. The molecule has 4 aromatic carbocycles. The molecule has 0 aliphatic heterocycles. The van der Waals surface area contributed by atoms with E-state index in [1.807, 2.05) is 109 Å². The molecule has 152 valence electrons. The molecule has 0 aromatic heterocycles. The molecular formula is C24H18O3P2S2+2. The summed E-state index contributed by atoms with van der Waals surface area (Å²) in [6.07, 6.45) is 0. The third-order valence-electron chi connectivity index (χ3n) is 4.42. The van der Waals surface area contributed by atoms with E-state index in [9.17, 15) is 9.13 Å².